The molecule has 0 bridgehead atoms. The minimum atomic E-state index is -2.71. The Labute approximate surface area is 117 Å². The monoisotopic (exact) mass is 289 g/mol. The van der Waals surface area contributed by atoms with E-state index in [2.05, 4.69) is 10.4 Å². The summed E-state index contributed by atoms with van der Waals surface area (Å²) in [5.74, 6) is -0.305. The maximum atomic E-state index is 12.7. The summed E-state index contributed by atoms with van der Waals surface area (Å²) in [6, 6.07) is 0. The molecule has 1 unspecified atom stereocenters. The zero-order valence-corrected chi connectivity index (χ0v) is 12.0. The Balaban J connectivity index is 2.62. The third-order valence-electron chi connectivity index (χ3n) is 3.15. The molecule has 1 rings (SSSR count). The van der Waals surface area contributed by atoms with Gasteiger partial charge in [-0.15, -0.1) is 0 Å². The maximum absolute atomic E-state index is 12.7. The molecule has 7 heteroatoms. The predicted molar refractivity (Wildman–Crippen MR) is 70.6 cm³/mol. The van der Waals surface area contributed by atoms with Crippen LogP contribution in [0, 0.1) is 13.8 Å². The van der Waals surface area contributed by atoms with E-state index in [9.17, 15) is 18.7 Å². The molecular formula is C13H21F2N3O2. The number of hydrogen-bond donors (Lipinski definition) is 2. The van der Waals surface area contributed by atoms with Crippen molar-refractivity contribution < 1.29 is 18.7 Å². The first kappa shape index (κ1) is 16.6. The average molecular weight is 289 g/mol. The standard InChI is InChI=1S/C13H21F2N3O2/c1-4-5-10(19)7-16-12(20)6-11-8(2)17-18(9(11)3)13(14)15/h10,13,19H,4-7H2,1-3H3,(H,16,20). The summed E-state index contributed by atoms with van der Waals surface area (Å²) in [5.41, 5.74) is 1.22. The second kappa shape index (κ2) is 7.33. The van der Waals surface area contributed by atoms with E-state index in [-0.39, 0.29) is 18.9 Å². The van der Waals surface area contributed by atoms with Gasteiger partial charge in [0.25, 0.3) is 0 Å². The quantitative estimate of drug-likeness (QED) is 0.803. The van der Waals surface area contributed by atoms with Crippen LogP contribution >= 0.6 is 0 Å². The van der Waals surface area contributed by atoms with Gasteiger partial charge in [0.2, 0.25) is 5.91 Å². The number of halogens is 2. The van der Waals surface area contributed by atoms with Crippen molar-refractivity contribution in [1.82, 2.24) is 15.1 Å². The lowest BCUT2D eigenvalue weighted by Gasteiger charge is -2.10. The molecule has 0 radical (unpaired) electrons. The first-order valence-corrected chi connectivity index (χ1v) is 6.64. The number of nitrogens with zero attached hydrogens (tertiary/aromatic N) is 2. The summed E-state index contributed by atoms with van der Waals surface area (Å²) >= 11 is 0. The number of hydrogen-bond acceptors (Lipinski definition) is 3. The van der Waals surface area contributed by atoms with Gasteiger partial charge >= 0.3 is 6.55 Å². The first-order valence-electron chi connectivity index (χ1n) is 6.64. The fourth-order valence-electron chi connectivity index (χ4n) is 2.03. The molecule has 0 fully saturated rings. The van der Waals surface area contributed by atoms with Gasteiger partial charge < -0.3 is 10.4 Å². The second-order valence-corrected chi connectivity index (χ2v) is 4.79. The fraction of sp³-hybridized carbons (Fsp3) is 0.692. The molecule has 1 amide bonds. The third kappa shape index (κ3) is 4.26. The minimum Gasteiger partial charge on any atom is -0.391 e. The molecule has 0 aromatic carbocycles. The lowest BCUT2D eigenvalue weighted by Crippen LogP contribution is -2.33. The van der Waals surface area contributed by atoms with Gasteiger partial charge in [0.05, 0.1) is 18.2 Å². The topological polar surface area (TPSA) is 67.2 Å². The number of rotatable bonds is 7. The van der Waals surface area contributed by atoms with Gasteiger partial charge in [0.15, 0.2) is 0 Å². The molecule has 1 atom stereocenters. The van der Waals surface area contributed by atoms with E-state index >= 15 is 0 Å². The highest BCUT2D eigenvalue weighted by Gasteiger charge is 2.19. The molecule has 20 heavy (non-hydrogen) atoms. The Morgan fingerprint density at radius 3 is 2.60 bits per heavy atom. The largest absolute Gasteiger partial charge is 0.391 e. The first-order chi connectivity index (χ1) is 9.36. The zero-order chi connectivity index (χ0) is 15.3. The number of aryl methyl sites for hydroxylation is 1. The number of alkyl halides is 2. The Bertz CT molecular complexity index is 461. The van der Waals surface area contributed by atoms with Crippen molar-refractivity contribution in [2.75, 3.05) is 6.54 Å². The van der Waals surface area contributed by atoms with Crippen molar-refractivity contribution in [1.29, 1.82) is 0 Å². The highest BCUT2D eigenvalue weighted by Crippen LogP contribution is 2.19. The highest BCUT2D eigenvalue weighted by molar-refractivity contribution is 5.79. The molecule has 1 heterocycles. The molecule has 2 N–H and O–H groups in total. The average Bonchev–Trinajstić information content (AvgIpc) is 2.65. The van der Waals surface area contributed by atoms with Gasteiger partial charge in [-0.2, -0.15) is 13.9 Å². The third-order valence-corrected chi connectivity index (χ3v) is 3.15. The molecule has 1 aromatic heterocycles. The van der Waals surface area contributed by atoms with Gasteiger partial charge in [-0.05, 0) is 20.3 Å². The molecule has 5 nitrogen and oxygen atoms in total. The van der Waals surface area contributed by atoms with Gasteiger partial charge in [-0.1, -0.05) is 13.3 Å². The van der Waals surface area contributed by atoms with Crippen molar-refractivity contribution in [3.8, 4) is 0 Å². The van der Waals surface area contributed by atoms with Crippen LogP contribution in [0.15, 0.2) is 0 Å². The lowest BCUT2D eigenvalue weighted by atomic mass is 10.1. The molecule has 0 aliphatic heterocycles. The SMILES string of the molecule is CCCC(O)CNC(=O)Cc1c(C)nn(C(F)F)c1C. The summed E-state index contributed by atoms with van der Waals surface area (Å²) in [5, 5.41) is 15.8. The number of carbonyl (C=O) groups excluding carboxylic acids is 1. The van der Waals surface area contributed by atoms with E-state index in [0.29, 0.717) is 28.1 Å². The Morgan fingerprint density at radius 1 is 1.45 bits per heavy atom. The fourth-order valence-corrected chi connectivity index (χ4v) is 2.03. The van der Waals surface area contributed by atoms with Crippen LogP contribution in [0.3, 0.4) is 0 Å². The minimum absolute atomic E-state index is 0.0107. The van der Waals surface area contributed by atoms with E-state index in [1.54, 1.807) is 6.92 Å². The van der Waals surface area contributed by atoms with Gasteiger partial charge in [0, 0.05) is 17.8 Å². The number of aromatic nitrogens is 2. The van der Waals surface area contributed by atoms with Crippen LogP contribution in [0.1, 0.15) is 43.3 Å². The number of nitrogens with one attached hydrogen (secondary N) is 1. The van der Waals surface area contributed by atoms with E-state index in [1.807, 2.05) is 6.92 Å². The smallest absolute Gasteiger partial charge is 0.333 e. The van der Waals surface area contributed by atoms with Gasteiger partial charge in [0.1, 0.15) is 0 Å². The molecule has 0 saturated carbocycles. The maximum Gasteiger partial charge on any atom is 0.333 e. The molecule has 0 saturated heterocycles. The molecule has 0 aliphatic rings. The van der Waals surface area contributed by atoms with Crippen LogP contribution in [-0.2, 0) is 11.2 Å². The molecule has 0 aliphatic carbocycles. The second-order valence-electron chi connectivity index (χ2n) is 4.79. The van der Waals surface area contributed by atoms with Crippen molar-refractivity contribution in [2.45, 2.75) is 52.7 Å². The zero-order valence-electron chi connectivity index (χ0n) is 12.0. The van der Waals surface area contributed by atoms with Crippen molar-refractivity contribution in [3.63, 3.8) is 0 Å². The predicted octanol–water partition coefficient (Wildman–Crippen LogP) is 1.71. The van der Waals surface area contributed by atoms with E-state index in [1.165, 1.54) is 6.92 Å². The van der Waals surface area contributed by atoms with Crippen LogP contribution in [0.25, 0.3) is 0 Å². The summed E-state index contributed by atoms with van der Waals surface area (Å²) in [6.45, 7) is 2.52. The van der Waals surface area contributed by atoms with Gasteiger partial charge in [-0.3, -0.25) is 4.79 Å². The highest BCUT2D eigenvalue weighted by atomic mass is 19.3. The summed E-state index contributed by atoms with van der Waals surface area (Å²) in [6.07, 6.45) is 0.858. The number of aliphatic hydroxyl groups is 1. The summed E-state index contributed by atoms with van der Waals surface area (Å²) in [7, 11) is 0. The van der Waals surface area contributed by atoms with Crippen molar-refractivity contribution >= 4 is 5.91 Å². The van der Waals surface area contributed by atoms with Crippen LogP contribution in [0.4, 0.5) is 8.78 Å². The van der Waals surface area contributed by atoms with Crippen LogP contribution < -0.4 is 5.32 Å². The Kier molecular flexibility index (Phi) is 6.06. The number of carbonyl (C=O) groups is 1. The Morgan fingerprint density at radius 2 is 2.10 bits per heavy atom. The molecule has 114 valence electrons. The number of aliphatic hydroxyl groups excluding tert-OH is 1. The molecule has 0 spiro atoms. The van der Waals surface area contributed by atoms with Crippen LogP contribution in [0.2, 0.25) is 0 Å². The van der Waals surface area contributed by atoms with Crippen molar-refractivity contribution in [2.24, 2.45) is 0 Å². The van der Waals surface area contributed by atoms with Crippen molar-refractivity contribution in [3.05, 3.63) is 17.0 Å². The normalized spacial score (nSPS) is 12.8. The molecular weight excluding hydrogens is 268 g/mol. The van der Waals surface area contributed by atoms with E-state index < -0.39 is 12.7 Å². The van der Waals surface area contributed by atoms with Crippen LogP contribution in [-0.4, -0.2) is 33.4 Å². The van der Waals surface area contributed by atoms with Gasteiger partial charge in [-0.25, -0.2) is 4.68 Å². The van der Waals surface area contributed by atoms with E-state index in [4.69, 9.17) is 0 Å². The Hall–Kier alpha value is -1.50. The summed E-state index contributed by atoms with van der Waals surface area (Å²) in [4.78, 5) is 11.8. The molecule has 1 aromatic rings. The van der Waals surface area contributed by atoms with Crippen LogP contribution in [0.5, 0.6) is 0 Å². The van der Waals surface area contributed by atoms with E-state index in [0.717, 1.165) is 6.42 Å². The number of amides is 1. The lowest BCUT2D eigenvalue weighted by molar-refractivity contribution is -0.120. The summed E-state index contributed by atoms with van der Waals surface area (Å²) < 4.78 is 25.9.